The highest BCUT2D eigenvalue weighted by atomic mass is 79.9. The standard InChI is InChI=1S/C17H19BrFN/c1-11-6-4-5-7-15(11)13(3)20-12(2)14-8-9-17(19)16(18)10-14/h4-10,12-13,20H,1-3H3. The maximum absolute atomic E-state index is 13.3. The average molecular weight is 336 g/mol. The van der Waals surface area contributed by atoms with Crippen molar-refractivity contribution >= 4 is 15.9 Å². The van der Waals surface area contributed by atoms with Crippen molar-refractivity contribution in [3.8, 4) is 0 Å². The lowest BCUT2D eigenvalue weighted by atomic mass is 10.0. The van der Waals surface area contributed by atoms with Crippen LogP contribution in [0.1, 0.15) is 42.6 Å². The Balaban J connectivity index is 2.13. The molecule has 2 rings (SSSR count). The highest BCUT2D eigenvalue weighted by Crippen LogP contribution is 2.24. The molecule has 0 aromatic heterocycles. The van der Waals surface area contributed by atoms with Gasteiger partial charge in [0.25, 0.3) is 0 Å². The minimum atomic E-state index is -0.229. The van der Waals surface area contributed by atoms with Crippen LogP contribution in [0, 0.1) is 12.7 Å². The third-order valence-electron chi connectivity index (χ3n) is 3.60. The Morgan fingerprint density at radius 3 is 2.40 bits per heavy atom. The molecule has 0 radical (unpaired) electrons. The molecule has 0 heterocycles. The van der Waals surface area contributed by atoms with Gasteiger partial charge in [-0.05, 0) is 65.5 Å². The van der Waals surface area contributed by atoms with Gasteiger partial charge in [-0.15, -0.1) is 0 Å². The molecule has 0 saturated carbocycles. The van der Waals surface area contributed by atoms with E-state index in [1.807, 2.05) is 18.2 Å². The SMILES string of the molecule is Cc1ccccc1C(C)NC(C)c1ccc(F)c(Br)c1. The fourth-order valence-electron chi connectivity index (χ4n) is 2.42. The van der Waals surface area contributed by atoms with Crippen LogP contribution in [0.15, 0.2) is 46.9 Å². The van der Waals surface area contributed by atoms with Crippen molar-refractivity contribution in [3.63, 3.8) is 0 Å². The Bertz CT molecular complexity index is 597. The van der Waals surface area contributed by atoms with Crippen molar-refractivity contribution in [2.45, 2.75) is 32.9 Å². The van der Waals surface area contributed by atoms with Crippen molar-refractivity contribution in [2.24, 2.45) is 0 Å². The van der Waals surface area contributed by atoms with Crippen LogP contribution in [0.25, 0.3) is 0 Å². The topological polar surface area (TPSA) is 12.0 Å². The smallest absolute Gasteiger partial charge is 0.137 e. The normalized spacial score (nSPS) is 14.1. The van der Waals surface area contributed by atoms with E-state index in [-0.39, 0.29) is 17.9 Å². The van der Waals surface area contributed by atoms with E-state index < -0.39 is 0 Å². The molecule has 0 spiro atoms. The number of nitrogens with one attached hydrogen (secondary N) is 1. The third kappa shape index (κ3) is 3.47. The van der Waals surface area contributed by atoms with E-state index in [1.54, 1.807) is 0 Å². The number of rotatable bonds is 4. The van der Waals surface area contributed by atoms with Gasteiger partial charge in [-0.25, -0.2) is 4.39 Å². The van der Waals surface area contributed by atoms with Gasteiger partial charge in [0.2, 0.25) is 0 Å². The van der Waals surface area contributed by atoms with Gasteiger partial charge in [-0.1, -0.05) is 30.3 Å². The predicted octanol–water partition coefficient (Wildman–Crippen LogP) is 5.31. The Kier molecular flexibility index (Phi) is 4.95. The maximum Gasteiger partial charge on any atom is 0.137 e. The summed E-state index contributed by atoms with van der Waals surface area (Å²) < 4.78 is 13.8. The predicted molar refractivity (Wildman–Crippen MR) is 85.2 cm³/mol. The minimum absolute atomic E-state index is 0.154. The summed E-state index contributed by atoms with van der Waals surface area (Å²) in [5, 5.41) is 3.56. The second-order valence-corrected chi connectivity index (χ2v) is 5.99. The number of hydrogen-bond acceptors (Lipinski definition) is 1. The van der Waals surface area contributed by atoms with Gasteiger partial charge in [-0.2, -0.15) is 0 Å². The molecule has 2 atom stereocenters. The molecule has 2 unspecified atom stereocenters. The van der Waals surface area contributed by atoms with Crippen LogP contribution < -0.4 is 5.32 Å². The molecule has 0 fully saturated rings. The lowest BCUT2D eigenvalue weighted by Crippen LogP contribution is -2.23. The van der Waals surface area contributed by atoms with E-state index in [4.69, 9.17) is 0 Å². The molecule has 3 heteroatoms. The minimum Gasteiger partial charge on any atom is -0.304 e. The first-order valence-electron chi connectivity index (χ1n) is 6.75. The zero-order chi connectivity index (χ0) is 14.7. The average Bonchev–Trinajstić information content (AvgIpc) is 2.42. The van der Waals surface area contributed by atoms with E-state index in [9.17, 15) is 4.39 Å². The Morgan fingerprint density at radius 2 is 1.75 bits per heavy atom. The van der Waals surface area contributed by atoms with Crippen molar-refractivity contribution in [1.29, 1.82) is 0 Å². The summed E-state index contributed by atoms with van der Waals surface area (Å²) in [5.41, 5.74) is 3.64. The molecule has 1 N–H and O–H groups in total. The first kappa shape index (κ1) is 15.2. The van der Waals surface area contributed by atoms with Crippen LogP contribution in [-0.4, -0.2) is 0 Å². The quantitative estimate of drug-likeness (QED) is 0.798. The van der Waals surface area contributed by atoms with Gasteiger partial charge >= 0.3 is 0 Å². The molecule has 0 aliphatic heterocycles. The fraction of sp³-hybridized carbons (Fsp3) is 0.294. The van der Waals surface area contributed by atoms with E-state index >= 15 is 0 Å². The zero-order valence-electron chi connectivity index (χ0n) is 12.0. The molecule has 0 aliphatic carbocycles. The summed E-state index contributed by atoms with van der Waals surface area (Å²) >= 11 is 3.23. The van der Waals surface area contributed by atoms with Gasteiger partial charge in [0, 0.05) is 12.1 Å². The Hall–Kier alpha value is -1.19. The molecular weight excluding hydrogens is 317 g/mol. The molecule has 1 nitrogen and oxygen atoms in total. The first-order valence-corrected chi connectivity index (χ1v) is 7.55. The van der Waals surface area contributed by atoms with Crippen molar-refractivity contribution in [2.75, 3.05) is 0 Å². The number of aryl methyl sites for hydroxylation is 1. The summed E-state index contributed by atoms with van der Waals surface area (Å²) in [6.07, 6.45) is 0. The third-order valence-corrected chi connectivity index (χ3v) is 4.21. The fourth-order valence-corrected chi connectivity index (χ4v) is 2.81. The van der Waals surface area contributed by atoms with Gasteiger partial charge in [0.15, 0.2) is 0 Å². The Labute approximate surface area is 128 Å². The summed E-state index contributed by atoms with van der Waals surface area (Å²) in [6.45, 7) is 6.36. The van der Waals surface area contributed by atoms with Crippen molar-refractivity contribution in [1.82, 2.24) is 5.32 Å². The summed E-state index contributed by atoms with van der Waals surface area (Å²) in [6, 6.07) is 13.9. The van der Waals surface area contributed by atoms with Crippen molar-refractivity contribution < 1.29 is 4.39 Å². The van der Waals surface area contributed by atoms with Gasteiger partial charge in [0.05, 0.1) is 4.47 Å². The summed E-state index contributed by atoms with van der Waals surface area (Å²) in [7, 11) is 0. The van der Waals surface area contributed by atoms with E-state index in [0.29, 0.717) is 4.47 Å². The summed E-state index contributed by atoms with van der Waals surface area (Å²) in [4.78, 5) is 0. The van der Waals surface area contributed by atoms with E-state index in [1.165, 1.54) is 17.2 Å². The highest BCUT2D eigenvalue weighted by Gasteiger charge is 2.13. The molecule has 0 bridgehead atoms. The second-order valence-electron chi connectivity index (χ2n) is 5.14. The second kappa shape index (κ2) is 6.51. The van der Waals surface area contributed by atoms with Crippen LogP contribution in [0.2, 0.25) is 0 Å². The van der Waals surface area contributed by atoms with Gasteiger partial charge < -0.3 is 5.32 Å². The Morgan fingerprint density at radius 1 is 1.05 bits per heavy atom. The van der Waals surface area contributed by atoms with Crippen LogP contribution >= 0.6 is 15.9 Å². The first-order chi connectivity index (χ1) is 9.49. The van der Waals surface area contributed by atoms with Gasteiger partial charge in [0.1, 0.15) is 5.82 Å². The number of benzene rings is 2. The molecule has 2 aromatic rings. The lowest BCUT2D eigenvalue weighted by Gasteiger charge is -2.22. The zero-order valence-corrected chi connectivity index (χ0v) is 13.5. The van der Waals surface area contributed by atoms with E-state index in [2.05, 4.69) is 60.2 Å². The number of hydrogen-bond donors (Lipinski definition) is 1. The molecule has 0 aliphatic rings. The maximum atomic E-state index is 13.3. The monoisotopic (exact) mass is 335 g/mol. The van der Waals surface area contributed by atoms with E-state index in [0.717, 1.165) is 5.56 Å². The van der Waals surface area contributed by atoms with Crippen LogP contribution in [-0.2, 0) is 0 Å². The van der Waals surface area contributed by atoms with Crippen LogP contribution in [0.3, 0.4) is 0 Å². The number of halogens is 2. The molecule has 106 valence electrons. The molecule has 2 aromatic carbocycles. The molecular formula is C17H19BrFN. The van der Waals surface area contributed by atoms with Crippen molar-refractivity contribution in [3.05, 3.63) is 69.4 Å². The molecule has 0 amide bonds. The van der Waals surface area contributed by atoms with Gasteiger partial charge in [-0.3, -0.25) is 0 Å². The lowest BCUT2D eigenvalue weighted by molar-refractivity contribution is 0.492. The molecule has 20 heavy (non-hydrogen) atoms. The molecule has 0 saturated heterocycles. The van der Waals surface area contributed by atoms with Crippen LogP contribution in [0.5, 0.6) is 0 Å². The largest absolute Gasteiger partial charge is 0.304 e. The summed E-state index contributed by atoms with van der Waals surface area (Å²) in [5.74, 6) is -0.229. The van der Waals surface area contributed by atoms with Crippen LogP contribution in [0.4, 0.5) is 4.39 Å². The highest BCUT2D eigenvalue weighted by molar-refractivity contribution is 9.10.